The van der Waals surface area contributed by atoms with Gasteiger partial charge < -0.3 is 5.73 Å². The number of nitrogens with zero attached hydrogens (tertiary/aromatic N) is 1. The molecule has 0 saturated carbocycles. The standard InChI is InChI=1S/C11H16BrN3O2S/c12-10-8-9(4-5-11(10)13)14-18(16,17)15-6-2-1-3-7-15/h4-5,8,14H,1-3,6-7,13H2. The summed E-state index contributed by atoms with van der Waals surface area (Å²) in [6, 6.07) is 4.98. The van der Waals surface area contributed by atoms with Crippen LogP contribution in [-0.2, 0) is 10.2 Å². The molecule has 100 valence electrons. The molecular formula is C11H16BrN3O2S. The van der Waals surface area contributed by atoms with Crippen molar-refractivity contribution in [3.8, 4) is 0 Å². The molecule has 0 spiro atoms. The van der Waals surface area contributed by atoms with E-state index in [0.29, 0.717) is 28.9 Å². The first-order chi connectivity index (χ1) is 8.49. The first kappa shape index (κ1) is 13.6. The van der Waals surface area contributed by atoms with Gasteiger partial charge in [-0.15, -0.1) is 0 Å². The Bertz CT molecular complexity index is 527. The van der Waals surface area contributed by atoms with Crippen LogP contribution in [0.25, 0.3) is 0 Å². The third-order valence-electron chi connectivity index (χ3n) is 2.90. The highest BCUT2D eigenvalue weighted by molar-refractivity contribution is 9.10. The van der Waals surface area contributed by atoms with Gasteiger partial charge in [0.1, 0.15) is 0 Å². The van der Waals surface area contributed by atoms with Gasteiger partial charge in [0.15, 0.2) is 0 Å². The lowest BCUT2D eigenvalue weighted by molar-refractivity contribution is 0.349. The van der Waals surface area contributed by atoms with Crippen LogP contribution in [0.1, 0.15) is 19.3 Å². The highest BCUT2D eigenvalue weighted by atomic mass is 79.9. The Labute approximate surface area is 116 Å². The normalized spacial score (nSPS) is 17.6. The van der Waals surface area contributed by atoms with Crippen molar-refractivity contribution in [1.29, 1.82) is 0 Å². The number of anilines is 2. The molecule has 3 N–H and O–H groups in total. The van der Waals surface area contributed by atoms with Gasteiger partial charge in [-0.3, -0.25) is 4.72 Å². The smallest absolute Gasteiger partial charge is 0.301 e. The van der Waals surface area contributed by atoms with E-state index in [1.807, 2.05) is 0 Å². The summed E-state index contributed by atoms with van der Waals surface area (Å²) in [7, 11) is -3.44. The number of nitrogens with one attached hydrogen (secondary N) is 1. The second-order valence-electron chi connectivity index (χ2n) is 4.30. The van der Waals surface area contributed by atoms with Gasteiger partial charge in [0.2, 0.25) is 0 Å². The molecule has 1 aromatic carbocycles. The van der Waals surface area contributed by atoms with E-state index in [-0.39, 0.29) is 0 Å². The molecule has 0 radical (unpaired) electrons. The fourth-order valence-corrected chi connectivity index (χ4v) is 3.58. The second-order valence-corrected chi connectivity index (χ2v) is 6.83. The largest absolute Gasteiger partial charge is 0.398 e. The maximum absolute atomic E-state index is 12.1. The highest BCUT2D eigenvalue weighted by Crippen LogP contribution is 2.24. The van der Waals surface area contributed by atoms with Crippen LogP contribution in [0.15, 0.2) is 22.7 Å². The molecule has 2 rings (SSSR count). The SMILES string of the molecule is Nc1ccc(NS(=O)(=O)N2CCCCC2)cc1Br. The fraction of sp³-hybridized carbons (Fsp3) is 0.455. The van der Waals surface area contributed by atoms with Crippen LogP contribution in [0, 0.1) is 0 Å². The van der Waals surface area contributed by atoms with Gasteiger partial charge in [0, 0.05) is 23.2 Å². The summed E-state index contributed by atoms with van der Waals surface area (Å²) >= 11 is 3.28. The van der Waals surface area contributed by atoms with Crippen molar-refractivity contribution in [2.75, 3.05) is 23.5 Å². The molecule has 0 atom stereocenters. The Morgan fingerprint density at radius 3 is 2.50 bits per heavy atom. The van der Waals surface area contributed by atoms with Gasteiger partial charge in [0.05, 0.1) is 5.69 Å². The van der Waals surface area contributed by atoms with E-state index >= 15 is 0 Å². The summed E-state index contributed by atoms with van der Waals surface area (Å²) in [4.78, 5) is 0. The minimum absolute atomic E-state index is 0.515. The van der Waals surface area contributed by atoms with Crippen molar-refractivity contribution in [3.05, 3.63) is 22.7 Å². The molecule has 5 nitrogen and oxygen atoms in total. The van der Waals surface area contributed by atoms with Crippen molar-refractivity contribution in [3.63, 3.8) is 0 Å². The summed E-state index contributed by atoms with van der Waals surface area (Å²) in [5.74, 6) is 0. The number of halogens is 1. The van der Waals surface area contributed by atoms with E-state index in [2.05, 4.69) is 20.7 Å². The molecule has 1 aromatic rings. The van der Waals surface area contributed by atoms with E-state index in [4.69, 9.17) is 5.73 Å². The highest BCUT2D eigenvalue weighted by Gasteiger charge is 2.23. The minimum atomic E-state index is -3.44. The predicted molar refractivity (Wildman–Crippen MR) is 76.5 cm³/mol. The Morgan fingerprint density at radius 2 is 1.89 bits per heavy atom. The summed E-state index contributed by atoms with van der Waals surface area (Å²) in [6.07, 6.45) is 2.94. The Hall–Kier alpha value is -0.790. The predicted octanol–water partition coefficient (Wildman–Crippen LogP) is 2.17. The lowest BCUT2D eigenvalue weighted by Gasteiger charge is -2.26. The average molecular weight is 334 g/mol. The van der Waals surface area contributed by atoms with Gasteiger partial charge in [-0.05, 0) is 47.0 Å². The number of rotatable bonds is 3. The third kappa shape index (κ3) is 3.15. The Balaban J connectivity index is 2.13. The van der Waals surface area contributed by atoms with E-state index in [1.54, 1.807) is 18.2 Å². The fourth-order valence-electron chi connectivity index (χ4n) is 1.91. The van der Waals surface area contributed by atoms with Crippen LogP contribution in [0.4, 0.5) is 11.4 Å². The molecule has 0 bridgehead atoms. The van der Waals surface area contributed by atoms with Gasteiger partial charge in [-0.2, -0.15) is 12.7 Å². The van der Waals surface area contributed by atoms with Crippen LogP contribution in [-0.4, -0.2) is 25.8 Å². The van der Waals surface area contributed by atoms with Crippen LogP contribution < -0.4 is 10.5 Å². The van der Waals surface area contributed by atoms with Crippen LogP contribution in [0.5, 0.6) is 0 Å². The Morgan fingerprint density at radius 1 is 1.22 bits per heavy atom. The lowest BCUT2D eigenvalue weighted by Crippen LogP contribution is -2.39. The molecule has 0 amide bonds. The number of nitrogens with two attached hydrogens (primary N) is 1. The molecule has 1 fully saturated rings. The summed E-state index contributed by atoms with van der Waals surface area (Å²) in [5, 5.41) is 0. The lowest BCUT2D eigenvalue weighted by atomic mass is 10.2. The maximum atomic E-state index is 12.1. The van der Waals surface area contributed by atoms with Crippen LogP contribution in [0.3, 0.4) is 0 Å². The number of benzene rings is 1. The number of hydrogen-bond donors (Lipinski definition) is 2. The molecule has 1 aliphatic heterocycles. The van der Waals surface area contributed by atoms with Gasteiger partial charge in [0.25, 0.3) is 0 Å². The summed E-state index contributed by atoms with van der Waals surface area (Å²) in [6.45, 7) is 1.18. The van der Waals surface area contributed by atoms with Crippen molar-refractivity contribution >= 4 is 37.5 Å². The summed E-state index contributed by atoms with van der Waals surface area (Å²) in [5.41, 5.74) is 6.76. The molecule has 0 unspecified atom stereocenters. The van der Waals surface area contributed by atoms with Crippen molar-refractivity contribution in [1.82, 2.24) is 4.31 Å². The monoisotopic (exact) mass is 333 g/mol. The zero-order valence-electron chi connectivity index (χ0n) is 9.89. The quantitative estimate of drug-likeness (QED) is 0.832. The van der Waals surface area contributed by atoms with Crippen molar-refractivity contribution in [2.24, 2.45) is 0 Å². The van der Waals surface area contributed by atoms with E-state index < -0.39 is 10.2 Å². The number of piperidine rings is 1. The molecule has 7 heteroatoms. The molecule has 0 aliphatic carbocycles. The zero-order chi connectivity index (χ0) is 13.2. The number of hydrogen-bond acceptors (Lipinski definition) is 3. The average Bonchev–Trinajstić information content (AvgIpc) is 2.35. The first-order valence-corrected chi connectivity index (χ1v) is 8.05. The zero-order valence-corrected chi connectivity index (χ0v) is 12.3. The topological polar surface area (TPSA) is 75.4 Å². The second kappa shape index (κ2) is 5.46. The first-order valence-electron chi connectivity index (χ1n) is 5.82. The minimum Gasteiger partial charge on any atom is -0.398 e. The van der Waals surface area contributed by atoms with Crippen molar-refractivity contribution in [2.45, 2.75) is 19.3 Å². The molecule has 1 saturated heterocycles. The molecule has 1 aliphatic rings. The van der Waals surface area contributed by atoms with Crippen LogP contribution in [0.2, 0.25) is 0 Å². The van der Waals surface area contributed by atoms with E-state index in [9.17, 15) is 8.42 Å². The molecule has 1 heterocycles. The summed E-state index contributed by atoms with van der Waals surface area (Å²) < 4.78 is 29.0. The number of nitrogen functional groups attached to an aromatic ring is 1. The third-order valence-corrected chi connectivity index (χ3v) is 5.13. The van der Waals surface area contributed by atoms with Crippen LogP contribution >= 0.6 is 15.9 Å². The van der Waals surface area contributed by atoms with Gasteiger partial charge >= 0.3 is 10.2 Å². The Kier molecular flexibility index (Phi) is 4.14. The maximum Gasteiger partial charge on any atom is 0.301 e. The van der Waals surface area contributed by atoms with E-state index in [0.717, 1.165) is 19.3 Å². The van der Waals surface area contributed by atoms with Crippen molar-refractivity contribution < 1.29 is 8.42 Å². The molecule has 0 aromatic heterocycles. The van der Waals surface area contributed by atoms with Gasteiger partial charge in [-0.25, -0.2) is 0 Å². The molecule has 18 heavy (non-hydrogen) atoms. The van der Waals surface area contributed by atoms with Gasteiger partial charge in [-0.1, -0.05) is 6.42 Å². The van der Waals surface area contributed by atoms with E-state index in [1.165, 1.54) is 4.31 Å². The molecular weight excluding hydrogens is 318 g/mol.